The molecule has 2 aromatic rings. The van der Waals surface area contributed by atoms with E-state index in [1.165, 1.54) is 17.9 Å². The minimum absolute atomic E-state index is 0.0430. The van der Waals surface area contributed by atoms with Gasteiger partial charge in [-0.05, 0) is 23.6 Å². The van der Waals surface area contributed by atoms with Gasteiger partial charge in [0.25, 0.3) is 0 Å². The third-order valence-electron chi connectivity index (χ3n) is 2.97. The van der Waals surface area contributed by atoms with Gasteiger partial charge in [0.05, 0.1) is 15.7 Å². The first kappa shape index (κ1) is 18.2. The van der Waals surface area contributed by atoms with Gasteiger partial charge in [0.1, 0.15) is 4.21 Å². The summed E-state index contributed by atoms with van der Waals surface area (Å²) in [6.45, 7) is 1.53. The van der Waals surface area contributed by atoms with E-state index in [4.69, 9.17) is 23.2 Å². The fourth-order valence-corrected chi connectivity index (χ4v) is 4.61. The van der Waals surface area contributed by atoms with Crippen molar-refractivity contribution >= 4 is 56.2 Å². The normalized spacial score (nSPS) is 11.4. The van der Waals surface area contributed by atoms with Gasteiger partial charge in [-0.3, -0.25) is 4.79 Å². The van der Waals surface area contributed by atoms with Crippen LogP contribution >= 0.6 is 34.5 Å². The maximum absolute atomic E-state index is 12.1. The molecule has 0 aliphatic rings. The average molecular weight is 393 g/mol. The molecule has 0 aliphatic heterocycles. The minimum atomic E-state index is -3.58. The SMILES string of the molecule is CC(=O)N(CCNS(=O)(=O)c1cccs1)c1c(Cl)cccc1Cl. The van der Waals surface area contributed by atoms with Crippen LogP contribution < -0.4 is 9.62 Å². The highest BCUT2D eigenvalue weighted by atomic mass is 35.5. The second-order valence-electron chi connectivity index (χ2n) is 4.57. The molecule has 23 heavy (non-hydrogen) atoms. The number of halogens is 2. The van der Waals surface area contributed by atoms with Crippen LogP contribution in [-0.4, -0.2) is 27.4 Å². The molecule has 1 aromatic heterocycles. The van der Waals surface area contributed by atoms with Crippen molar-refractivity contribution in [3.8, 4) is 0 Å². The van der Waals surface area contributed by atoms with Crippen molar-refractivity contribution in [2.24, 2.45) is 0 Å². The first-order chi connectivity index (χ1) is 10.8. The number of nitrogens with zero attached hydrogens (tertiary/aromatic N) is 1. The summed E-state index contributed by atoms with van der Waals surface area (Å²) in [5.41, 5.74) is 0.374. The minimum Gasteiger partial charge on any atom is -0.309 e. The fourth-order valence-electron chi connectivity index (χ4n) is 1.95. The number of thiophene rings is 1. The number of hydrogen-bond acceptors (Lipinski definition) is 4. The third-order valence-corrected chi connectivity index (χ3v) is 6.44. The topological polar surface area (TPSA) is 66.5 Å². The van der Waals surface area contributed by atoms with Gasteiger partial charge in [-0.2, -0.15) is 0 Å². The molecule has 9 heteroatoms. The van der Waals surface area contributed by atoms with Crippen LogP contribution in [-0.2, 0) is 14.8 Å². The molecule has 0 aliphatic carbocycles. The van der Waals surface area contributed by atoms with E-state index in [0.717, 1.165) is 11.3 Å². The Kier molecular flexibility index (Phi) is 6.05. The quantitative estimate of drug-likeness (QED) is 0.818. The molecule has 0 spiro atoms. The molecule has 2 rings (SSSR count). The van der Waals surface area contributed by atoms with Crippen molar-refractivity contribution in [2.45, 2.75) is 11.1 Å². The zero-order chi connectivity index (χ0) is 17.0. The highest BCUT2D eigenvalue weighted by molar-refractivity contribution is 7.91. The van der Waals surface area contributed by atoms with E-state index in [1.54, 1.807) is 29.6 Å². The van der Waals surface area contributed by atoms with Crippen LogP contribution in [0.5, 0.6) is 0 Å². The lowest BCUT2D eigenvalue weighted by Crippen LogP contribution is -2.37. The van der Waals surface area contributed by atoms with Crippen molar-refractivity contribution in [1.82, 2.24) is 4.72 Å². The van der Waals surface area contributed by atoms with Crippen molar-refractivity contribution in [3.63, 3.8) is 0 Å². The molecule has 5 nitrogen and oxygen atoms in total. The Bertz CT molecular complexity index is 772. The molecule has 0 bridgehead atoms. The Labute approximate surface area is 148 Å². The average Bonchev–Trinajstić information content (AvgIpc) is 3.00. The molecule has 0 radical (unpaired) electrons. The lowest BCUT2D eigenvalue weighted by molar-refractivity contribution is -0.116. The summed E-state index contributed by atoms with van der Waals surface area (Å²) in [6.07, 6.45) is 0. The first-order valence-corrected chi connectivity index (χ1v) is 9.70. The second-order valence-corrected chi connectivity index (χ2v) is 8.33. The number of anilines is 1. The van der Waals surface area contributed by atoms with Crippen molar-refractivity contribution < 1.29 is 13.2 Å². The Morgan fingerprint density at radius 2 is 1.87 bits per heavy atom. The monoisotopic (exact) mass is 392 g/mol. The Morgan fingerprint density at radius 1 is 1.22 bits per heavy atom. The van der Waals surface area contributed by atoms with Crippen LogP contribution in [0, 0.1) is 0 Å². The van der Waals surface area contributed by atoms with Gasteiger partial charge < -0.3 is 4.90 Å². The molecule has 1 amide bonds. The first-order valence-electron chi connectivity index (χ1n) is 6.58. The Hall–Kier alpha value is -1.12. The fraction of sp³-hybridized carbons (Fsp3) is 0.214. The summed E-state index contributed by atoms with van der Waals surface area (Å²) in [7, 11) is -3.58. The van der Waals surface area contributed by atoms with E-state index in [9.17, 15) is 13.2 Å². The number of carbonyl (C=O) groups is 1. The number of rotatable bonds is 6. The van der Waals surface area contributed by atoms with Gasteiger partial charge in [-0.15, -0.1) is 11.3 Å². The van der Waals surface area contributed by atoms with Crippen LogP contribution in [0.2, 0.25) is 10.0 Å². The van der Waals surface area contributed by atoms with E-state index in [1.807, 2.05) is 0 Å². The van der Waals surface area contributed by atoms with Gasteiger partial charge in [0.15, 0.2) is 0 Å². The van der Waals surface area contributed by atoms with Gasteiger partial charge >= 0.3 is 0 Å². The summed E-state index contributed by atoms with van der Waals surface area (Å²) < 4.78 is 26.8. The molecule has 1 aromatic carbocycles. The van der Waals surface area contributed by atoms with Crippen LogP contribution in [0.15, 0.2) is 39.9 Å². The maximum atomic E-state index is 12.1. The lowest BCUT2D eigenvalue weighted by atomic mass is 10.2. The molecule has 1 N–H and O–H groups in total. The standard InChI is InChI=1S/C14H14Cl2N2O3S2/c1-10(19)18(14-11(15)4-2-5-12(14)16)8-7-17-23(20,21)13-6-3-9-22-13/h2-6,9,17H,7-8H2,1H3. The molecular weight excluding hydrogens is 379 g/mol. The number of hydrogen-bond donors (Lipinski definition) is 1. The van der Waals surface area contributed by atoms with E-state index in [2.05, 4.69) is 4.72 Å². The van der Waals surface area contributed by atoms with Crippen molar-refractivity contribution in [2.75, 3.05) is 18.0 Å². The third kappa shape index (κ3) is 4.45. The molecule has 0 unspecified atom stereocenters. The number of amides is 1. The molecular formula is C14H14Cl2N2O3S2. The Balaban J connectivity index is 2.12. The maximum Gasteiger partial charge on any atom is 0.250 e. The van der Waals surface area contributed by atoms with Gasteiger partial charge in [-0.1, -0.05) is 35.3 Å². The summed E-state index contributed by atoms with van der Waals surface area (Å²) in [6, 6.07) is 8.08. The molecule has 0 saturated carbocycles. The van der Waals surface area contributed by atoms with E-state index >= 15 is 0 Å². The molecule has 124 valence electrons. The van der Waals surface area contributed by atoms with E-state index in [0.29, 0.717) is 15.7 Å². The zero-order valence-electron chi connectivity index (χ0n) is 12.1. The van der Waals surface area contributed by atoms with Crippen molar-refractivity contribution in [3.05, 3.63) is 45.8 Å². The summed E-state index contributed by atoms with van der Waals surface area (Å²) >= 11 is 13.3. The highest BCUT2D eigenvalue weighted by Crippen LogP contribution is 2.33. The largest absolute Gasteiger partial charge is 0.309 e. The Morgan fingerprint density at radius 3 is 2.39 bits per heavy atom. The number of sulfonamides is 1. The molecule has 0 fully saturated rings. The smallest absolute Gasteiger partial charge is 0.250 e. The highest BCUT2D eigenvalue weighted by Gasteiger charge is 2.20. The zero-order valence-corrected chi connectivity index (χ0v) is 15.3. The molecule has 0 saturated heterocycles. The predicted molar refractivity (Wildman–Crippen MR) is 94.0 cm³/mol. The van der Waals surface area contributed by atoms with Crippen LogP contribution in [0.4, 0.5) is 5.69 Å². The van der Waals surface area contributed by atoms with Gasteiger partial charge in [0.2, 0.25) is 15.9 Å². The summed E-state index contributed by atoms with van der Waals surface area (Å²) in [4.78, 5) is 13.2. The number of carbonyl (C=O) groups excluding carboxylic acids is 1. The lowest BCUT2D eigenvalue weighted by Gasteiger charge is -2.23. The number of para-hydroxylation sites is 1. The number of nitrogens with one attached hydrogen (secondary N) is 1. The predicted octanol–water partition coefficient (Wildman–Crippen LogP) is 3.39. The van der Waals surface area contributed by atoms with Gasteiger partial charge in [-0.25, -0.2) is 13.1 Å². The molecule has 1 heterocycles. The van der Waals surface area contributed by atoms with Crippen LogP contribution in [0.3, 0.4) is 0 Å². The van der Waals surface area contributed by atoms with E-state index in [-0.39, 0.29) is 23.2 Å². The van der Waals surface area contributed by atoms with Gasteiger partial charge in [0, 0.05) is 20.0 Å². The van der Waals surface area contributed by atoms with E-state index < -0.39 is 10.0 Å². The number of benzene rings is 1. The summed E-state index contributed by atoms with van der Waals surface area (Å²) in [5, 5.41) is 2.34. The second kappa shape index (κ2) is 7.63. The van der Waals surface area contributed by atoms with Crippen molar-refractivity contribution in [1.29, 1.82) is 0 Å². The van der Waals surface area contributed by atoms with Crippen LogP contribution in [0.1, 0.15) is 6.92 Å². The molecule has 0 atom stereocenters. The van der Waals surface area contributed by atoms with Crippen LogP contribution in [0.25, 0.3) is 0 Å². The summed E-state index contributed by atoms with van der Waals surface area (Å²) in [5.74, 6) is -0.282.